The summed E-state index contributed by atoms with van der Waals surface area (Å²) < 4.78 is 1.76. The van der Waals surface area contributed by atoms with Gasteiger partial charge in [-0.05, 0) is 62.9 Å². The first-order valence-corrected chi connectivity index (χ1v) is 11.6. The molecule has 2 N–H and O–H groups in total. The van der Waals surface area contributed by atoms with E-state index in [1.165, 1.54) is 35.3 Å². The number of nitrogen functional groups attached to an aromatic ring is 1. The summed E-state index contributed by atoms with van der Waals surface area (Å²) in [4.78, 5) is 18.4. The van der Waals surface area contributed by atoms with Crippen molar-refractivity contribution in [3.05, 3.63) is 58.7 Å². The molecule has 1 atom stereocenters. The predicted molar refractivity (Wildman–Crippen MR) is 124 cm³/mol. The maximum absolute atomic E-state index is 6.43. The van der Waals surface area contributed by atoms with Crippen LogP contribution in [0.25, 0.3) is 15.9 Å². The Hall–Kier alpha value is -2.84. The number of anilines is 1. The first-order chi connectivity index (χ1) is 15.1. The average Bonchev–Trinajstić information content (AvgIpc) is 3.36. The van der Waals surface area contributed by atoms with E-state index >= 15 is 0 Å². The molecule has 0 aliphatic heterocycles. The molecular formula is C23H27N7S. The zero-order valence-corrected chi connectivity index (χ0v) is 18.8. The summed E-state index contributed by atoms with van der Waals surface area (Å²) >= 11 is 1.81. The van der Waals surface area contributed by atoms with Crippen molar-refractivity contribution in [2.24, 2.45) is 0 Å². The first-order valence-electron chi connectivity index (χ1n) is 10.8. The van der Waals surface area contributed by atoms with Crippen molar-refractivity contribution in [1.29, 1.82) is 0 Å². The van der Waals surface area contributed by atoms with Crippen molar-refractivity contribution < 1.29 is 0 Å². The quantitative estimate of drug-likeness (QED) is 0.472. The van der Waals surface area contributed by atoms with E-state index < -0.39 is 0 Å². The number of thiophene rings is 1. The Morgan fingerprint density at radius 3 is 2.71 bits per heavy atom. The number of nitrogens with two attached hydrogens (primary N) is 1. The minimum Gasteiger partial charge on any atom is -0.383 e. The third-order valence-corrected chi connectivity index (χ3v) is 7.44. The Bertz CT molecular complexity index is 1180. The van der Waals surface area contributed by atoms with Crippen LogP contribution in [0.15, 0.2) is 36.9 Å². The number of rotatable bonds is 5. The molecule has 0 radical (unpaired) electrons. The molecule has 1 aromatic carbocycles. The maximum atomic E-state index is 6.43. The SMILES string of the molecule is CC(c1ccc(-n2cncn2)cc1)N(C)Cc1nc(N)c2c3c(sc2n1)CCCCC3. The van der Waals surface area contributed by atoms with Gasteiger partial charge < -0.3 is 5.73 Å². The van der Waals surface area contributed by atoms with Gasteiger partial charge in [-0.15, -0.1) is 11.3 Å². The molecule has 1 aliphatic rings. The third kappa shape index (κ3) is 3.93. The van der Waals surface area contributed by atoms with E-state index in [1.54, 1.807) is 17.3 Å². The maximum Gasteiger partial charge on any atom is 0.146 e. The van der Waals surface area contributed by atoms with E-state index in [0.717, 1.165) is 34.6 Å². The van der Waals surface area contributed by atoms with Crippen LogP contribution in [0.1, 0.15) is 54.1 Å². The van der Waals surface area contributed by atoms with Gasteiger partial charge in [-0.3, -0.25) is 4.90 Å². The lowest BCUT2D eigenvalue weighted by Gasteiger charge is -2.24. The van der Waals surface area contributed by atoms with Gasteiger partial charge in [0.15, 0.2) is 0 Å². The zero-order valence-electron chi connectivity index (χ0n) is 18.0. The summed E-state index contributed by atoms with van der Waals surface area (Å²) in [5.41, 5.74) is 10.0. The lowest BCUT2D eigenvalue weighted by atomic mass is 10.1. The number of hydrogen-bond donors (Lipinski definition) is 1. The van der Waals surface area contributed by atoms with Crippen LogP contribution >= 0.6 is 11.3 Å². The highest BCUT2D eigenvalue weighted by Gasteiger charge is 2.20. The smallest absolute Gasteiger partial charge is 0.146 e. The Kier molecular flexibility index (Phi) is 5.41. The summed E-state index contributed by atoms with van der Waals surface area (Å²) in [7, 11) is 2.10. The van der Waals surface area contributed by atoms with Crippen LogP contribution in [-0.2, 0) is 19.4 Å². The Morgan fingerprint density at radius 1 is 1.13 bits per heavy atom. The summed E-state index contributed by atoms with van der Waals surface area (Å²) in [5, 5.41) is 5.28. The molecular weight excluding hydrogens is 406 g/mol. The summed E-state index contributed by atoms with van der Waals surface area (Å²) in [6.07, 6.45) is 9.28. The number of fused-ring (bicyclic) bond motifs is 3. The van der Waals surface area contributed by atoms with Gasteiger partial charge in [-0.2, -0.15) is 5.10 Å². The number of benzene rings is 1. The molecule has 0 saturated carbocycles. The molecule has 160 valence electrons. The third-order valence-electron chi connectivity index (χ3n) is 6.25. The highest BCUT2D eigenvalue weighted by molar-refractivity contribution is 7.19. The highest BCUT2D eigenvalue weighted by Crippen LogP contribution is 2.37. The zero-order chi connectivity index (χ0) is 21.4. The molecule has 8 heteroatoms. The fraction of sp³-hybridized carbons (Fsp3) is 0.391. The molecule has 3 aromatic heterocycles. The van der Waals surface area contributed by atoms with E-state index in [2.05, 4.69) is 58.2 Å². The largest absolute Gasteiger partial charge is 0.383 e. The lowest BCUT2D eigenvalue weighted by molar-refractivity contribution is 0.247. The van der Waals surface area contributed by atoms with Crippen molar-refractivity contribution in [2.45, 2.75) is 51.6 Å². The Morgan fingerprint density at radius 2 is 1.94 bits per heavy atom. The fourth-order valence-corrected chi connectivity index (χ4v) is 5.63. The standard InChI is InChI=1S/C23H27N7S/c1-15(16-8-10-17(11-9-16)30-14-25-13-26-30)29(2)12-20-27-22(24)21-18-6-4-3-5-7-19(18)31-23(21)28-20/h8-11,13-15H,3-7,12H2,1-2H3,(H2,24,27,28). The van der Waals surface area contributed by atoms with Gasteiger partial charge in [0.25, 0.3) is 0 Å². The molecule has 1 aliphatic carbocycles. The van der Waals surface area contributed by atoms with Crippen LogP contribution in [0.5, 0.6) is 0 Å². The normalized spacial score (nSPS) is 15.2. The monoisotopic (exact) mass is 433 g/mol. The molecule has 5 rings (SSSR count). The van der Waals surface area contributed by atoms with Crippen molar-refractivity contribution in [3.63, 3.8) is 0 Å². The van der Waals surface area contributed by atoms with Crippen LogP contribution < -0.4 is 5.73 Å². The lowest BCUT2D eigenvalue weighted by Crippen LogP contribution is -2.23. The van der Waals surface area contributed by atoms with E-state index in [0.29, 0.717) is 12.4 Å². The van der Waals surface area contributed by atoms with E-state index in [4.69, 9.17) is 10.7 Å². The molecule has 0 bridgehead atoms. The van der Waals surface area contributed by atoms with E-state index in [1.807, 2.05) is 11.3 Å². The van der Waals surface area contributed by atoms with Crippen molar-refractivity contribution in [2.75, 3.05) is 12.8 Å². The molecule has 3 heterocycles. The van der Waals surface area contributed by atoms with Crippen LogP contribution in [-0.4, -0.2) is 36.7 Å². The van der Waals surface area contributed by atoms with Gasteiger partial charge >= 0.3 is 0 Å². The first kappa shape index (κ1) is 20.1. The molecule has 0 saturated heterocycles. The summed E-state index contributed by atoms with van der Waals surface area (Å²) in [5.74, 6) is 1.42. The van der Waals surface area contributed by atoms with Gasteiger partial charge in [-0.1, -0.05) is 18.6 Å². The van der Waals surface area contributed by atoms with Crippen molar-refractivity contribution in [1.82, 2.24) is 29.6 Å². The predicted octanol–water partition coefficient (Wildman–Crippen LogP) is 4.32. The molecule has 7 nitrogen and oxygen atoms in total. The molecule has 0 amide bonds. The Labute approximate surface area is 186 Å². The minimum absolute atomic E-state index is 0.213. The van der Waals surface area contributed by atoms with Crippen molar-refractivity contribution in [3.8, 4) is 5.69 Å². The van der Waals surface area contributed by atoms with Crippen LogP contribution in [0.4, 0.5) is 5.82 Å². The average molecular weight is 434 g/mol. The van der Waals surface area contributed by atoms with Crippen LogP contribution in [0, 0.1) is 0 Å². The van der Waals surface area contributed by atoms with Crippen LogP contribution in [0.2, 0.25) is 0 Å². The Balaban J connectivity index is 1.35. The highest BCUT2D eigenvalue weighted by atomic mass is 32.1. The molecule has 4 aromatic rings. The van der Waals surface area contributed by atoms with Gasteiger partial charge in [0.05, 0.1) is 17.6 Å². The van der Waals surface area contributed by atoms with E-state index in [-0.39, 0.29) is 6.04 Å². The topological polar surface area (TPSA) is 85.8 Å². The van der Waals surface area contributed by atoms with Gasteiger partial charge in [-0.25, -0.2) is 19.6 Å². The molecule has 0 spiro atoms. The second kappa shape index (κ2) is 8.36. The number of nitrogens with zero attached hydrogens (tertiary/aromatic N) is 6. The van der Waals surface area contributed by atoms with Gasteiger partial charge in [0.1, 0.15) is 29.1 Å². The molecule has 31 heavy (non-hydrogen) atoms. The minimum atomic E-state index is 0.213. The molecule has 0 fully saturated rings. The number of hydrogen-bond acceptors (Lipinski definition) is 7. The second-order valence-electron chi connectivity index (χ2n) is 8.29. The summed E-state index contributed by atoms with van der Waals surface area (Å²) in [6, 6.07) is 8.60. The molecule has 1 unspecified atom stereocenters. The van der Waals surface area contributed by atoms with Gasteiger partial charge in [0, 0.05) is 10.9 Å². The van der Waals surface area contributed by atoms with Gasteiger partial charge in [0.2, 0.25) is 0 Å². The number of aromatic nitrogens is 5. The van der Waals surface area contributed by atoms with E-state index in [9.17, 15) is 0 Å². The summed E-state index contributed by atoms with van der Waals surface area (Å²) in [6.45, 7) is 2.84. The van der Waals surface area contributed by atoms with Crippen molar-refractivity contribution >= 4 is 27.4 Å². The number of aryl methyl sites for hydroxylation is 2. The second-order valence-corrected chi connectivity index (χ2v) is 9.38. The van der Waals surface area contributed by atoms with Crippen LogP contribution in [0.3, 0.4) is 0 Å². The fourth-order valence-electron chi connectivity index (χ4n) is 4.34.